The van der Waals surface area contributed by atoms with Crippen LogP contribution in [0, 0.1) is 5.82 Å². The Morgan fingerprint density at radius 3 is 2.84 bits per heavy atom. The first kappa shape index (κ1) is 14.2. The van der Waals surface area contributed by atoms with Crippen molar-refractivity contribution in [3.05, 3.63) is 47.8 Å². The van der Waals surface area contributed by atoms with Gasteiger partial charge in [-0.25, -0.2) is 4.39 Å². The Kier molecular flexibility index (Phi) is 4.38. The van der Waals surface area contributed by atoms with Crippen LogP contribution in [0.25, 0.3) is 0 Å². The Labute approximate surface area is 113 Å². The number of allylic oxidation sites excluding steroid dienone is 1. The highest BCUT2D eigenvalue weighted by atomic mass is 19.1. The normalized spacial score (nSPS) is 25.9. The summed E-state index contributed by atoms with van der Waals surface area (Å²) in [6.45, 7) is 6.02. The number of rotatable bonds is 6. The molecule has 1 N–H and O–H groups in total. The molecule has 0 heterocycles. The van der Waals surface area contributed by atoms with Crippen LogP contribution in [-0.2, 0) is 11.3 Å². The van der Waals surface area contributed by atoms with Crippen LogP contribution < -0.4 is 0 Å². The SMILES string of the molecule is C=C(C)CCC1(O)CCC1OCc1ccccc1F. The van der Waals surface area contributed by atoms with Crippen molar-refractivity contribution in [1.29, 1.82) is 0 Å². The monoisotopic (exact) mass is 264 g/mol. The third kappa shape index (κ3) is 3.43. The van der Waals surface area contributed by atoms with E-state index in [0.29, 0.717) is 12.0 Å². The van der Waals surface area contributed by atoms with Crippen LogP contribution in [0.3, 0.4) is 0 Å². The minimum Gasteiger partial charge on any atom is -0.387 e. The molecule has 2 unspecified atom stereocenters. The third-order valence-electron chi connectivity index (χ3n) is 3.82. The maximum Gasteiger partial charge on any atom is 0.128 e. The molecule has 1 aliphatic carbocycles. The van der Waals surface area contributed by atoms with E-state index in [9.17, 15) is 9.50 Å². The zero-order valence-corrected chi connectivity index (χ0v) is 11.4. The highest BCUT2D eigenvalue weighted by Crippen LogP contribution is 2.39. The molecule has 0 aromatic heterocycles. The van der Waals surface area contributed by atoms with Gasteiger partial charge in [0.2, 0.25) is 0 Å². The van der Waals surface area contributed by atoms with E-state index in [-0.39, 0.29) is 18.5 Å². The lowest BCUT2D eigenvalue weighted by Crippen LogP contribution is -2.52. The molecule has 1 aliphatic rings. The fourth-order valence-electron chi connectivity index (χ4n) is 2.36. The van der Waals surface area contributed by atoms with Crippen molar-refractivity contribution in [2.24, 2.45) is 0 Å². The lowest BCUT2D eigenvalue weighted by molar-refractivity contribution is -0.180. The Balaban J connectivity index is 1.86. The fourth-order valence-corrected chi connectivity index (χ4v) is 2.36. The highest BCUT2D eigenvalue weighted by Gasteiger charge is 2.45. The second-order valence-electron chi connectivity index (χ2n) is 5.49. The van der Waals surface area contributed by atoms with Crippen molar-refractivity contribution < 1.29 is 14.2 Å². The molecule has 0 radical (unpaired) electrons. The molecule has 3 heteroatoms. The largest absolute Gasteiger partial charge is 0.387 e. The van der Waals surface area contributed by atoms with Crippen molar-refractivity contribution in [1.82, 2.24) is 0 Å². The molecule has 19 heavy (non-hydrogen) atoms. The minimum atomic E-state index is -0.760. The van der Waals surface area contributed by atoms with Gasteiger partial charge in [0.05, 0.1) is 18.3 Å². The summed E-state index contributed by atoms with van der Waals surface area (Å²) in [4.78, 5) is 0. The summed E-state index contributed by atoms with van der Waals surface area (Å²) in [5, 5.41) is 10.4. The van der Waals surface area contributed by atoms with Gasteiger partial charge in [0, 0.05) is 5.56 Å². The van der Waals surface area contributed by atoms with Gasteiger partial charge in [0.15, 0.2) is 0 Å². The average Bonchev–Trinajstić information content (AvgIpc) is 2.37. The van der Waals surface area contributed by atoms with Crippen molar-refractivity contribution in [2.75, 3.05) is 0 Å². The molecular formula is C16H21FO2. The standard InChI is InChI=1S/C16H21FO2/c1-12(2)7-9-16(18)10-8-15(16)19-11-13-5-3-4-6-14(13)17/h3-6,15,18H,1,7-11H2,2H3. The second-order valence-corrected chi connectivity index (χ2v) is 5.49. The first-order valence-electron chi connectivity index (χ1n) is 6.73. The molecule has 1 fully saturated rings. The van der Waals surface area contributed by atoms with E-state index in [0.717, 1.165) is 24.8 Å². The first-order valence-corrected chi connectivity index (χ1v) is 6.73. The van der Waals surface area contributed by atoms with Gasteiger partial charge in [-0.15, -0.1) is 6.58 Å². The predicted molar refractivity (Wildman–Crippen MR) is 73.2 cm³/mol. The van der Waals surface area contributed by atoms with Crippen LogP contribution in [0.4, 0.5) is 4.39 Å². The van der Waals surface area contributed by atoms with Crippen molar-refractivity contribution in [2.45, 2.75) is 50.9 Å². The maximum absolute atomic E-state index is 13.5. The summed E-state index contributed by atoms with van der Waals surface area (Å²) in [6.07, 6.45) is 2.87. The van der Waals surface area contributed by atoms with Crippen LogP contribution in [0.2, 0.25) is 0 Å². The number of ether oxygens (including phenoxy) is 1. The lowest BCUT2D eigenvalue weighted by Gasteiger charge is -2.45. The number of hydrogen-bond acceptors (Lipinski definition) is 2. The third-order valence-corrected chi connectivity index (χ3v) is 3.82. The van der Waals surface area contributed by atoms with Crippen molar-refractivity contribution >= 4 is 0 Å². The van der Waals surface area contributed by atoms with Crippen molar-refractivity contribution in [3.8, 4) is 0 Å². The topological polar surface area (TPSA) is 29.5 Å². The summed E-state index contributed by atoms with van der Waals surface area (Å²) < 4.78 is 19.1. The maximum atomic E-state index is 13.5. The van der Waals surface area contributed by atoms with Gasteiger partial charge in [0.1, 0.15) is 5.82 Å². The smallest absolute Gasteiger partial charge is 0.128 e. The Bertz CT molecular complexity index is 458. The molecule has 0 saturated heterocycles. The van der Waals surface area contributed by atoms with Crippen molar-refractivity contribution in [3.63, 3.8) is 0 Å². The molecule has 2 rings (SSSR count). The minimum absolute atomic E-state index is 0.188. The van der Waals surface area contributed by atoms with Crippen LogP contribution in [-0.4, -0.2) is 16.8 Å². The molecule has 1 saturated carbocycles. The predicted octanol–water partition coefficient (Wildman–Crippen LogP) is 3.59. The number of halogens is 1. The van der Waals surface area contributed by atoms with E-state index in [1.165, 1.54) is 6.07 Å². The fraction of sp³-hybridized carbons (Fsp3) is 0.500. The van der Waals surface area contributed by atoms with E-state index in [1.807, 2.05) is 6.92 Å². The van der Waals surface area contributed by atoms with Crippen LogP contribution in [0.1, 0.15) is 38.2 Å². The summed E-state index contributed by atoms with van der Waals surface area (Å²) in [5.41, 5.74) is 0.842. The van der Waals surface area contributed by atoms with Crippen LogP contribution in [0.5, 0.6) is 0 Å². The quantitative estimate of drug-likeness (QED) is 0.796. The van der Waals surface area contributed by atoms with E-state index in [2.05, 4.69) is 6.58 Å². The number of hydrogen-bond donors (Lipinski definition) is 1. The highest BCUT2D eigenvalue weighted by molar-refractivity contribution is 5.16. The van der Waals surface area contributed by atoms with Gasteiger partial charge < -0.3 is 9.84 Å². The van der Waals surface area contributed by atoms with Gasteiger partial charge in [-0.2, -0.15) is 0 Å². The van der Waals surface area contributed by atoms with Gasteiger partial charge >= 0.3 is 0 Å². The van der Waals surface area contributed by atoms with Crippen LogP contribution >= 0.6 is 0 Å². The zero-order chi connectivity index (χ0) is 13.9. The molecule has 1 aromatic carbocycles. The van der Waals surface area contributed by atoms with Crippen LogP contribution in [0.15, 0.2) is 36.4 Å². The molecule has 0 amide bonds. The molecule has 104 valence electrons. The molecule has 1 aromatic rings. The molecular weight excluding hydrogens is 243 g/mol. The molecule has 0 aliphatic heterocycles. The van der Waals surface area contributed by atoms with E-state index >= 15 is 0 Å². The van der Waals surface area contributed by atoms with Gasteiger partial charge in [-0.1, -0.05) is 23.8 Å². The zero-order valence-electron chi connectivity index (χ0n) is 11.4. The second kappa shape index (κ2) is 5.85. The number of benzene rings is 1. The molecule has 2 atom stereocenters. The van der Waals surface area contributed by atoms with E-state index in [1.54, 1.807) is 18.2 Å². The Morgan fingerprint density at radius 2 is 2.26 bits per heavy atom. The molecule has 2 nitrogen and oxygen atoms in total. The number of aliphatic hydroxyl groups is 1. The summed E-state index contributed by atoms with van der Waals surface area (Å²) in [5.74, 6) is -0.257. The van der Waals surface area contributed by atoms with Gasteiger partial charge in [0.25, 0.3) is 0 Å². The average molecular weight is 264 g/mol. The Hall–Kier alpha value is -1.19. The summed E-state index contributed by atoms with van der Waals surface area (Å²) in [7, 11) is 0. The van der Waals surface area contributed by atoms with E-state index in [4.69, 9.17) is 4.74 Å². The summed E-state index contributed by atoms with van der Waals surface area (Å²) >= 11 is 0. The van der Waals surface area contributed by atoms with E-state index < -0.39 is 5.60 Å². The van der Waals surface area contributed by atoms with Gasteiger partial charge in [-0.05, 0) is 38.7 Å². The molecule has 0 bridgehead atoms. The summed E-state index contributed by atoms with van der Waals surface area (Å²) in [6, 6.07) is 6.58. The molecule has 0 spiro atoms. The first-order chi connectivity index (χ1) is 9.01. The Morgan fingerprint density at radius 1 is 1.53 bits per heavy atom. The van der Waals surface area contributed by atoms with Gasteiger partial charge in [-0.3, -0.25) is 0 Å². The lowest BCUT2D eigenvalue weighted by atomic mass is 9.73.